The highest BCUT2D eigenvalue weighted by Gasteiger charge is 2.50. The predicted molar refractivity (Wildman–Crippen MR) is 107 cm³/mol. The lowest BCUT2D eigenvalue weighted by molar-refractivity contribution is 0.00333. The van der Waals surface area contributed by atoms with Crippen molar-refractivity contribution >= 4 is 11.4 Å². The Hall–Kier alpha value is -0.550. The third kappa shape index (κ3) is 4.79. The van der Waals surface area contributed by atoms with Crippen LogP contribution in [0, 0.1) is 5.41 Å². The normalized spacial score (nSPS) is 25.5. The summed E-state index contributed by atoms with van der Waals surface area (Å²) in [5.74, 6) is 0. The topological polar surface area (TPSA) is 38.3 Å². The van der Waals surface area contributed by atoms with Gasteiger partial charge in [0.25, 0.3) is 0 Å². The highest BCUT2D eigenvalue weighted by molar-refractivity contribution is 7.90. The summed E-state index contributed by atoms with van der Waals surface area (Å²) in [5, 5.41) is 0.272. The fraction of sp³-hybridized carbons (Fsp3) is 0.714. The molecule has 0 radical (unpaired) electrons. The second-order valence-electron chi connectivity index (χ2n) is 8.05. The Morgan fingerprint density at radius 2 is 1.96 bits per heavy atom. The minimum atomic E-state index is -0.872. The summed E-state index contributed by atoms with van der Waals surface area (Å²) in [4.78, 5) is 2.62. The van der Waals surface area contributed by atoms with E-state index >= 15 is 0 Å². The van der Waals surface area contributed by atoms with E-state index in [4.69, 9.17) is 0 Å². The largest absolute Gasteiger partial charge is 0.598 e. The van der Waals surface area contributed by atoms with E-state index in [1.54, 1.807) is 0 Å². The van der Waals surface area contributed by atoms with Crippen LogP contribution in [-0.4, -0.2) is 40.4 Å². The van der Waals surface area contributed by atoms with Crippen molar-refractivity contribution in [2.45, 2.75) is 70.1 Å². The molecule has 1 heterocycles. The van der Waals surface area contributed by atoms with Crippen molar-refractivity contribution in [1.82, 2.24) is 9.62 Å². The average Bonchev–Trinajstić information content (AvgIpc) is 2.65. The molecule has 0 aromatic heterocycles. The van der Waals surface area contributed by atoms with Gasteiger partial charge in [-0.1, -0.05) is 43.7 Å². The fourth-order valence-electron chi connectivity index (χ4n) is 4.40. The first-order valence-electron chi connectivity index (χ1n) is 10.1. The van der Waals surface area contributed by atoms with Gasteiger partial charge in [0, 0.05) is 17.9 Å². The van der Waals surface area contributed by atoms with Crippen LogP contribution in [0.4, 0.5) is 0 Å². The van der Waals surface area contributed by atoms with Crippen LogP contribution in [0.25, 0.3) is 0 Å². The number of nitrogens with zero attached hydrogens (tertiary/aromatic N) is 1. The van der Waals surface area contributed by atoms with Crippen molar-refractivity contribution in [3.63, 3.8) is 0 Å². The van der Waals surface area contributed by atoms with E-state index < -0.39 is 11.4 Å². The molecule has 1 aliphatic heterocycles. The molecular weight excluding hydrogens is 328 g/mol. The second-order valence-corrected chi connectivity index (χ2v) is 9.68. The molecule has 2 unspecified atom stereocenters. The van der Waals surface area contributed by atoms with Crippen LogP contribution in [-0.2, 0) is 17.8 Å². The molecule has 2 fully saturated rings. The molecule has 1 aromatic rings. The molecule has 3 nitrogen and oxygen atoms in total. The quantitative estimate of drug-likeness (QED) is 0.713. The Kier molecular flexibility index (Phi) is 6.84. The van der Waals surface area contributed by atoms with Gasteiger partial charge in [-0.15, -0.1) is 4.72 Å². The molecule has 25 heavy (non-hydrogen) atoms. The first-order chi connectivity index (χ1) is 12.1. The van der Waals surface area contributed by atoms with Crippen LogP contribution in [0.2, 0.25) is 0 Å². The Labute approximate surface area is 156 Å². The molecule has 0 amide bonds. The predicted octanol–water partition coefficient (Wildman–Crippen LogP) is 3.92. The summed E-state index contributed by atoms with van der Waals surface area (Å²) in [6.07, 6.45) is 8.35. The molecule has 3 rings (SSSR count). The number of hydrogen-bond donors (Lipinski definition) is 1. The van der Waals surface area contributed by atoms with Gasteiger partial charge in [0.1, 0.15) is 5.25 Å². The SMILES string of the molecule is CCCC(C)[S+]([O-])N[C@H]1CCC12CCN(CCc1ccccc1)CC2. The van der Waals surface area contributed by atoms with Crippen molar-refractivity contribution in [3.05, 3.63) is 35.9 Å². The lowest BCUT2D eigenvalue weighted by atomic mass is 9.59. The Morgan fingerprint density at radius 1 is 1.24 bits per heavy atom. The zero-order valence-electron chi connectivity index (χ0n) is 15.9. The highest BCUT2D eigenvalue weighted by Crippen LogP contribution is 2.49. The van der Waals surface area contributed by atoms with Crippen LogP contribution in [0.5, 0.6) is 0 Å². The summed E-state index contributed by atoms with van der Waals surface area (Å²) in [5.41, 5.74) is 1.86. The van der Waals surface area contributed by atoms with Crippen LogP contribution >= 0.6 is 0 Å². The first-order valence-corrected chi connectivity index (χ1v) is 11.3. The molecular formula is C21H34N2OS. The Balaban J connectivity index is 1.43. The van der Waals surface area contributed by atoms with E-state index in [1.165, 1.54) is 44.3 Å². The molecule has 1 saturated heterocycles. The van der Waals surface area contributed by atoms with Gasteiger partial charge >= 0.3 is 0 Å². The fourth-order valence-corrected chi connectivity index (χ4v) is 5.73. The minimum absolute atomic E-state index is 0.272. The van der Waals surface area contributed by atoms with Crippen molar-refractivity contribution < 1.29 is 4.55 Å². The van der Waals surface area contributed by atoms with Crippen LogP contribution in [0.15, 0.2) is 30.3 Å². The number of hydrogen-bond acceptors (Lipinski definition) is 3. The number of piperidine rings is 1. The van der Waals surface area contributed by atoms with Gasteiger partial charge in [-0.3, -0.25) is 0 Å². The third-order valence-electron chi connectivity index (χ3n) is 6.40. The summed E-state index contributed by atoms with van der Waals surface area (Å²) < 4.78 is 16.0. The maximum absolute atomic E-state index is 12.5. The van der Waals surface area contributed by atoms with Crippen LogP contribution in [0.1, 0.15) is 57.9 Å². The molecule has 1 saturated carbocycles. The molecule has 1 N–H and O–H groups in total. The molecule has 1 spiro atoms. The van der Waals surface area contributed by atoms with Crippen molar-refractivity contribution in [3.8, 4) is 0 Å². The average molecular weight is 363 g/mol. The number of benzene rings is 1. The van der Waals surface area contributed by atoms with Gasteiger partial charge in [-0.2, -0.15) is 0 Å². The molecule has 2 aliphatic rings. The van der Waals surface area contributed by atoms with Gasteiger partial charge < -0.3 is 9.45 Å². The summed E-state index contributed by atoms with van der Waals surface area (Å²) in [7, 11) is 0. The van der Waals surface area contributed by atoms with E-state index in [0.29, 0.717) is 11.5 Å². The monoisotopic (exact) mass is 362 g/mol. The number of rotatable bonds is 8. The molecule has 140 valence electrons. The lowest BCUT2D eigenvalue weighted by Gasteiger charge is -2.53. The van der Waals surface area contributed by atoms with E-state index in [-0.39, 0.29) is 5.25 Å². The van der Waals surface area contributed by atoms with Gasteiger partial charge in [0.15, 0.2) is 0 Å². The van der Waals surface area contributed by atoms with Crippen molar-refractivity contribution in [1.29, 1.82) is 0 Å². The molecule has 1 aromatic carbocycles. The second kappa shape index (κ2) is 8.90. The minimum Gasteiger partial charge on any atom is -0.598 e. The summed E-state index contributed by atoms with van der Waals surface area (Å²) >= 11 is -0.872. The number of nitrogens with one attached hydrogen (secondary N) is 1. The van der Waals surface area contributed by atoms with Gasteiger partial charge in [0.2, 0.25) is 0 Å². The maximum Gasteiger partial charge on any atom is 0.132 e. The maximum atomic E-state index is 12.5. The van der Waals surface area contributed by atoms with E-state index in [1.807, 2.05) is 0 Å². The zero-order valence-corrected chi connectivity index (χ0v) is 16.7. The summed E-state index contributed by atoms with van der Waals surface area (Å²) in [6, 6.07) is 11.3. The number of likely N-dealkylation sites (tertiary alicyclic amines) is 1. The molecule has 0 bridgehead atoms. The Bertz CT molecular complexity index is 516. The zero-order chi connectivity index (χ0) is 17.7. The van der Waals surface area contributed by atoms with Crippen molar-refractivity contribution in [2.24, 2.45) is 5.41 Å². The molecule has 4 heteroatoms. The van der Waals surface area contributed by atoms with Crippen LogP contribution < -0.4 is 4.72 Å². The highest BCUT2D eigenvalue weighted by atomic mass is 32.2. The summed E-state index contributed by atoms with van der Waals surface area (Å²) in [6.45, 7) is 7.84. The lowest BCUT2D eigenvalue weighted by Crippen LogP contribution is -2.60. The standard InChI is InChI=1S/C21H34N2OS/c1-3-7-18(2)25(24)22-20-10-12-21(20)13-16-23(17-14-21)15-11-19-8-5-4-6-9-19/h4-6,8-9,18,20,22H,3,7,10-17H2,1-2H3/t18?,20-,25?/m0/s1. The van der Waals surface area contributed by atoms with Gasteiger partial charge in [-0.25, -0.2) is 0 Å². The van der Waals surface area contributed by atoms with Crippen molar-refractivity contribution in [2.75, 3.05) is 19.6 Å². The smallest absolute Gasteiger partial charge is 0.132 e. The Morgan fingerprint density at radius 3 is 2.56 bits per heavy atom. The van der Waals surface area contributed by atoms with E-state index in [9.17, 15) is 4.55 Å². The van der Waals surface area contributed by atoms with E-state index in [0.717, 1.165) is 25.8 Å². The van der Waals surface area contributed by atoms with Gasteiger partial charge in [0.05, 0.1) is 6.04 Å². The molecule has 1 aliphatic carbocycles. The van der Waals surface area contributed by atoms with Gasteiger partial charge in [-0.05, 0) is 69.5 Å². The van der Waals surface area contributed by atoms with Crippen LogP contribution in [0.3, 0.4) is 0 Å². The first kappa shape index (κ1) is 19.2. The third-order valence-corrected chi connectivity index (χ3v) is 7.88. The van der Waals surface area contributed by atoms with E-state index in [2.05, 4.69) is 53.8 Å². The molecule has 3 atom stereocenters.